The van der Waals surface area contributed by atoms with E-state index in [0.29, 0.717) is 12.8 Å². The number of carboxylic acid groups (broad SMARTS) is 1. The molecule has 2 aromatic rings. The van der Waals surface area contributed by atoms with Gasteiger partial charge in [0.05, 0.1) is 0 Å². The summed E-state index contributed by atoms with van der Waals surface area (Å²) in [5.74, 6) is -1.73. The second-order valence-electron chi connectivity index (χ2n) is 9.08. The number of carbonyl (C=O) groups excluding carboxylic acids is 2. The van der Waals surface area contributed by atoms with Crippen LogP contribution in [0.5, 0.6) is 0 Å². The molecular formula is C28H34N2O5. The van der Waals surface area contributed by atoms with Gasteiger partial charge in [-0.25, -0.2) is 9.59 Å². The third kappa shape index (κ3) is 6.72. The van der Waals surface area contributed by atoms with Crippen molar-refractivity contribution >= 4 is 18.0 Å². The number of alkyl carbamates (subject to hydrolysis) is 1. The Morgan fingerprint density at radius 2 is 1.57 bits per heavy atom. The Kier molecular flexibility index (Phi) is 9.06. The van der Waals surface area contributed by atoms with E-state index in [-0.39, 0.29) is 18.9 Å². The Labute approximate surface area is 206 Å². The van der Waals surface area contributed by atoms with Crippen LogP contribution in [-0.2, 0) is 14.3 Å². The number of allylic oxidation sites excluding steroid dienone is 1. The van der Waals surface area contributed by atoms with E-state index in [2.05, 4.69) is 22.8 Å². The minimum absolute atomic E-state index is 0.0865. The molecule has 35 heavy (non-hydrogen) atoms. The summed E-state index contributed by atoms with van der Waals surface area (Å²) in [7, 11) is 0. The number of hydrogen-bond donors (Lipinski definition) is 3. The minimum atomic E-state index is -1.12. The van der Waals surface area contributed by atoms with Gasteiger partial charge in [0, 0.05) is 5.92 Å². The Balaban J connectivity index is 1.65. The van der Waals surface area contributed by atoms with Crippen LogP contribution in [0, 0.1) is 0 Å². The molecule has 0 radical (unpaired) electrons. The van der Waals surface area contributed by atoms with Crippen LogP contribution in [0.25, 0.3) is 11.1 Å². The smallest absolute Gasteiger partial charge is 0.407 e. The van der Waals surface area contributed by atoms with E-state index in [1.54, 1.807) is 6.08 Å². The van der Waals surface area contributed by atoms with Gasteiger partial charge in [-0.15, -0.1) is 0 Å². The molecule has 0 saturated heterocycles. The number of benzene rings is 2. The molecular weight excluding hydrogens is 444 g/mol. The van der Waals surface area contributed by atoms with Crippen LogP contribution in [0.1, 0.15) is 63.5 Å². The maximum Gasteiger partial charge on any atom is 0.407 e. The summed E-state index contributed by atoms with van der Waals surface area (Å²) in [6.07, 6.45) is 3.17. The zero-order valence-corrected chi connectivity index (χ0v) is 20.5. The summed E-state index contributed by atoms with van der Waals surface area (Å²) in [6.45, 7) is 5.85. The lowest BCUT2D eigenvalue weighted by molar-refractivity contribution is -0.142. The van der Waals surface area contributed by atoms with Crippen LogP contribution in [-0.4, -0.2) is 41.8 Å². The van der Waals surface area contributed by atoms with E-state index in [1.165, 1.54) is 0 Å². The summed E-state index contributed by atoms with van der Waals surface area (Å²) in [5, 5.41) is 14.7. The van der Waals surface area contributed by atoms with E-state index in [4.69, 9.17) is 4.74 Å². The lowest BCUT2D eigenvalue weighted by Crippen LogP contribution is -2.51. The summed E-state index contributed by atoms with van der Waals surface area (Å²) in [5.41, 5.74) is 5.43. The van der Waals surface area contributed by atoms with Gasteiger partial charge in [-0.05, 0) is 48.9 Å². The molecule has 2 amide bonds. The van der Waals surface area contributed by atoms with Crippen molar-refractivity contribution in [2.24, 2.45) is 0 Å². The van der Waals surface area contributed by atoms with Gasteiger partial charge in [0.1, 0.15) is 18.7 Å². The summed E-state index contributed by atoms with van der Waals surface area (Å²) in [4.78, 5) is 37.2. The average Bonchev–Trinajstić information content (AvgIpc) is 3.16. The number of amides is 2. The Bertz CT molecular complexity index is 1040. The molecule has 0 aliphatic heterocycles. The van der Waals surface area contributed by atoms with Crippen molar-refractivity contribution in [3.63, 3.8) is 0 Å². The monoisotopic (exact) mass is 478 g/mol. The molecule has 1 aliphatic rings. The molecule has 7 nitrogen and oxygen atoms in total. The molecule has 7 heteroatoms. The van der Waals surface area contributed by atoms with E-state index in [9.17, 15) is 19.5 Å². The number of aliphatic carboxylic acids is 1. The van der Waals surface area contributed by atoms with Crippen molar-refractivity contribution < 1.29 is 24.2 Å². The molecule has 0 spiro atoms. The predicted molar refractivity (Wildman–Crippen MR) is 135 cm³/mol. The van der Waals surface area contributed by atoms with E-state index in [1.807, 2.05) is 57.2 Å². The van der Waals surface area contributed by atoms with Gasteiger partial charge in [0.15, 0.2) is 0 Å². The number of nitrogens with one attached hydrogen (secondary N) is 2. The lowest BCUT2D eigenvalue weighted by Gasteiger charge is -2.21. The molecule has 0 heterocycles. The van der Waals surface area contributed by atoms with Crippen molar-refractivity contribution in [1.82, 2.24) is 10.6 Å². The molecule has 0 aromatic heterocycles. The molecule has 2 atom stereocenters. The number of fused-ring (bicyclic) bond motifs is 3. The molecule has 3 N–H and O–H groups in total. The maximum absolute atomic E-state index is 12.9. The average molecular weight is 479 g/mol. The van der Waals surface area contributed by atoms with Crippen molar-refractivity contribution in [3.05, 3.63) is 71.3 Å². The van der Waals surface area contributed by atoms with Crippen molar-refractivity contribution in [1.29, 1.82) is 0 Å². The van der Waals surface area contributed by atoms with Gasteiger partial charge in [-0.2, -0.15) is 0 Å². The normalized spacial score (nSPS) is 13.7. The van der Waals surface area contributed by atoms with Crippen LogP contribution in [0.15, 0.2) is 60.2 Å². The number of hydrogen-bond acceptors (Lipinski definition) is 4. The molecule has 1 aliphatic carbocycles. The first-order chi connectivity index (χ1) is 16.8. The molecule has 2 aromatic carbocycles. The zero-order chi connectivity index (χ0) is 25.4. The highest BCUT2D eigenvalue weighted by Gasteiger charge is 2.30. The fourth-order valence-electron chi connectivity index (χ4n) is 4.31. The highest BCUT2D eigenvalue weighted by atomic mass is 16.5. The summed E-state index contributed by atoms with van der Waals surface area (Å²) in [6, 6.07) is 14.2. The molecule has 3 rings (SSSR count). The van der Waals surface area contributed by atoms with E-state index >= 15 is 0 Å². The van der Waals surface area contributed by atoms with Crippen LogP contribution in [0.3, 0.4) is 0 Å². The first kappa shape index (κ1) is 26.0. The zero-order valence-electron chi connectivity index (χ0n) is 20.5. The largest absolute Gasteiger partial charge is 0.480 e. The standard InChI is InChI=1S/C28H34N2O5/c1-4-5-14-24(26(31)29-25(27(32)33)16-15-18(2)3)30-28(34)35-17-23-21-12-8-6-10-19(21)20-11-7-9-13-22(20)23/h6-13,15,23-25H,4-5,14,16-17H2,1-3H3,(H,29,31)(H,30,34)(H,32,33)/t24-,25?/m0/s1. The first-order valence-corrected chi connectivity index (χ1v) is 12.1. The van der Waals surface area contributed by atoms with Gasteiger partial charge in [-0.1, -0.05) is 79.9 Å². The Morgan fingerprint density at radius 3 is 2.11 bits per heavy atom. The molecule has 186 valence electrons. The number of rotatable bonds is 11. The predicted octanol–water partition coefficient (Wildman–Crippen LogP) is 5.01. The van der Waals surface area contributed by atoms with Gasteiger partial charge >= 0.3 is 12.1 Å². The SMILES string of the molecule is CCCC[C@H](NC(=O)OCC1c2ccccc2-c2ccccc21)C(=O)NC(CC=C(C)C)C(=O)O. The molecule has 0 saturated carbocycles. The molecule has 0 bridgehead atoms. The van der Waals surface area contributed by atoms with E-state index in [0.717, 1.165) is 34.2 Å². The summed E-state index contributed by atoms with van der Waals surface area (Å²) >= 11 is 0. The van der Waals surface area contributed by atoms with Crippen LogP contribution in [0.2, 0.25) is 0 Å². The quantitative estimate of drug-likeness (QED) is 0.394. The second-order valence-corrected chi connectivity index (χ2v) is 9.08. The van der Waals surface area contributed by atoms with Gasteiger partial charge in [-0.3, -0.25) is 4.79 Å². The number of carboxylic acids is 1. The number of carbonyl (C=O) groups is 3. The van der Waals surface area contributed by atoms with Crippen LogP contribution < -0.4 is 10.6 Å². The fourth-order valence-corrected chi connectivity index (χ4v) is 4.31. The van der Waals surface area contributed by atoms with Gasteiger partial charge in [0.25, 0.3) is 0 Å². The second kappa shape index (κ2) is 12.2. The van der Waals surface area contributed by atoms with Crippen molar-refractivity contribution in [2.75, 3.05) is 6.61 Å². The molecule has 1 unspecified atom stereocenters. The highest BCUT2D eigenvalue weighted by Crippen LogP contribution is 2.44. The number of unbranched alkanes of at least 4 members (excludes halogenated alkanes) is 1. The minimum Gasteiger partial charge on any atom is -0.480 e. The van der Waals surface area contributed by atoms with E-state index < -0.39 is 30.1 Å². The maximum atomic E-state index is 12.9. The summed E-state index contributed by atoms with van der Waals surface area (Å²) < 4.78 is 5.58. The number of ether oxygens (including phenoxy) is 1. The fraction of sp³-hybridized carbons (Fsp3) is 0.393. The van der Waals surface area contributed by atoms with Gasteiger partial charge in [0.2, 0.25) is 5.91 Å². The van der Waals surface area contributed by atoms with Crippen LogP contribution >= 0.6 is 0 Å². The lowest BCUT2D eigenvalue weighted by atomic mass is 9.98. The first-order valence-electron chi connectivity index (χ1n) is 12.1. The highest BCUT2D eigenvalue weighted by molar-refractivity contribution is 5.89. The topological polar surface area (TPSA) is 105 Å². The van der Waals surface area contributed by atoms with Crippen LogP contribution in [0.4, 0.5) is 4.79 Å². The Morgan fingerprint density at radius 1 is 0.971 bits per heavy atom. The third-order valence-corrected chi connectivity index (χ3v) is 6.17. The van der Waals surface area contributed by atoms with Gasteiger partial charge < -0.3 is 20.5 Å². The third-order valence-electron chi connectivity index (χ3n) is 6.17. The van der Waals surface area contributed by atoms with Crippen molar-refractivity contribution in [2.45, 2.75) is 64.5 Å². The van der Waals surface area contributed by atoms with Crippen molar-refractivity contribution in [3.8, 4) is 11.1 Å². The Hall–Kier alpha value is -3.61. The molecule has 0 fully saturated rings.